The van der Waals surface area contributed by atoms with Crippen LogP contribution in [0.5, 0.6) is 0 Å². The second-order valence-electron chi connectivity index (χ2n) is 3.71. The highest BCUT2D eigenvalue weighted by Gasteiger charge is 2.20. The van der Waals surface area contributed by atoms with E-state index in [1.807, 2.05) is 6.07 Å². The molecule has 2 rings (SSSR count). The molecular weight excluding hydrogens is 324 g/mol. The van der Waals surface area contributed by atoms with E-state index in [9.17, 15) is 5.11 Å². The van der Waals surface area contributed by atoms with Gasteiger partial charge in [0.1, 0.15) is 4.60 Å². The molecule has 1 N–H and O–H groups in total. The van der Waals surface area contributed by atoms with Crippen molar-refractivity contribution >= 4 is 37.5 Å². The summed E-state index contributed by atoms with van der Waals surface area (Å²) in [7, 11) is 0. The van der Waals surface area contributed by atoms with Crippen LogP contribution in [0.25, 0.3) is 0 Å². The van der Waals surface area contributed by atoms with Gasteiger partial charge in [-0.05, 0) is 50.8 Å². The number of anilines is 1. The maximum absolute atomic E-state index is 9.61. The summed E-state index contributed by atoms with van der Waals surface area (Å²) in [5.74, 6) is 0. The number of hydrogen-bond donors (Lipinski definition) is 1. The van der Waals surface area contributed by atoms with Gasteiger partial charge >= 0.3 is 0 Å². The first kappa shape index (κ1) is 11.4. The van der Waals surface area contributed by atoms with Crippen LogP contribution in [-0.4, -0.2) is 29.3 Å². The number of piperidine rings is 1. The Labute approximate surface area is 106 Å². The molecule has 1 fully saturated rings. The summed E-state index contributed by atoms with van der Waals surface area (Å²) in [4.78, 5) is 6.39. The Balaban J connectivity index is 2.24. The van der Waals surface area contributed by atoms with Crippen LogP contribution in [-0.2, 0) is 0 Å². The lowest BCUT2D eigenvalue weighted by Crippen LogP contribution is -2.38. The summed E-state index contributed by atoms with van der Waals surface area (Å²) in [6, 6.07) is 2.02. The van der Waals surface area contributed by atoms with Crippen molar-refractivity contribution in [1.29, 1.82) is 0 Å². The van der Waals surface area contributed by atoms with Gasteiger partial charge in [0.15, 0.2) is 0 Å². The lowest BCUT2D eigenvalue weighted by Gasteiger charge is -2.32. The van der Waals surface area contributed by atoms with Crippen LogP contribution in [0.2, 0.25) is 0 Å². The standard InChI is InChI=1S/C10H12Br2N2O/c11-7-4-9(10(12)13-5-7)14-3-1-2-8(15)6-14/h4-5,8,15H,1-3,6H2/t8-/m1/s1. The van der Waals surface area contributed by atoms with Crippen molar-refractivity contribution in [3.05, 3.63) is 21.3 Å². The molecule has 1 saturated heterocycles. The van der Waals surface area contributed by atoms with Gasteiger partial charge in [0.2, 0.25) is 0 Å². The molecule has 1 aliphatic rings. The molecule has 0 aromatic carbocycles. The Kier molecular flexibility index (Phi) is 3.64. The van der Waals surface area contributed by atoms with Crippen molar-refractivity contribution in [1.82, 2.24) is 4.98 Å². The molecule has 0 spiro atoms. The second kappa shape index (κ2) is 4.80. The lowest BCUT2D eigenvalue weighted by molar-refractivity contribution is 0.154. The van der Waals surface area contributed by atoms with Crippen molar-refractivity contribution in [2.75, 3.05) is 18.0 Å². The smallest absolute Gasteiger partial charge is 0.129 e. The number of halogens is 2. The minimum atomic E-state index is -0.218. The predicted octanol–water partition coefficient (Wildman–Crippen LogP) is 2.57. The van der Waals surface area contributed by atoms with E-state index in [4.69, 9.17) is 0 Å². The van der Waals surface area contributed by atoms with Crippen LogP contribution in [0.4, 0.5) is 5.69 Å². The van der Waals surface area contributed by atoms with Gasteiger partial charge in [-0.1, -0.05) is 0 Å². The molecule has 0 aliphatic carbocycles. The zero-order chi connectivity index (χ0) is 10.8. The number of pyridine rings is 1. The third-order valence-corrected chi connectivity index (χ3v) is 3.57. The Morgan fingerprint density at radius 1 is 1.47 bits per heavy atom. The molecule has 1 aliphatic heterocycles. The number of aliphatic hydroxyl groups is 1. The molecule has 2 heterocycles. The van der Waals surface area contributed by atoms with Gasteiger partial charge in [0.25, 0.3) is 0 Å². The Hall–Kier alpha value is -0.130. The van der Waals surface area contributed by atoms with Gasteiger partial charge in [-0.15, -0.1) is 0 Å². The van der Waals surface area contributed by atoms with Gasteiger partial charge in [-0.25, -0.2) is 4.98 Å². The van der Waals surface area contributed by atoms with Gasteiger partial charge < -0.3 is 10.0 Å². The van der Waals surface area contributed by atoms with E-state index in [1.54, 1.807) is 6.20 Å². The van der Waals surface area contributed by atoms with E-state index >= 15 is 0 Å². The van der Waals surface area contributed by atoms with Crippen LogP contribution in [0.15, 0.2) is 21.3 Å². The summed E-state index contributed by atoms with van der Waals surface area (Å²) < 4.78 is 1.79. The molecular formula is C10H12Br2N2O. The summed E-state index contributed by atoms with van der Waals surface area (Å²) in [5, 5.41) is 9.61. The zero-order valence-corrected chi connectivity index (χ0v) is 11.3. The topological polar surface area (TPSA) is 36.4 Å². The van der Waals surface area contributed by atoms with Crippen LogP contribution in [0.1, 0.15) is 12.8 Å². The minimum Gasteiger partial charge on any atom is -0.391 e. The van der Waals surface area contributed by atoms with Crippen molar-refractivity contribution in [3.8, 4) is 0 Å². The SMILES string of the molecule is O[C@@H]1CCCN(c2cc(Br)cnc2Br)C1. The molecule has 1 aromatic heterocycles. The molecule has 0 saturated carbocycles. The number of hydrogen-bond acceptors (Lipinski definition) is 3. The molecule has 0 bridgehead atoms. The predicted molar refractivity (Wildman–Crippen MR) is 67.1 cm³/mol. The van der Waals surface area contributed by atoms with E-state index in [2.05, 4.69) is 41.7 Å². The van der Waals surface area contributed by atoms with Crippen LogP contribution >= 0.6 is 31.9 Å². The maximum Gasteiger partial charge on any atom is 0.129 e. The normalized spacial score (nSPS) is 21.8. The minimum absolute atomic E-state index is 0.218. The molecule has 0 radical (unpaired) electrons. The second-order valence-corrected chi connectivity index (χ2v) is 5.37. The van der Waals surface area contributed by atoms with Crippen molar-refractivity contribution < 1.29 is 5.11 Å². The Morgan fingerprint density at radius 3 is 3.00 bits per heavy atom. The first-order valence-electron chi connectivity index (χ1n) is 4.91. The largest absolute Gasteiger partial charge is 0.391 e. The van der Waals surface area contributed by atoms with Crippen molar-refractivity contribution in [3.63, 3.8) is 0 Å². The number of β-amino-alcohol motifs (C(OH)–C–C–N with tert-alkyl or cyclic N) is 1. The van der Waals surface area contributed by atoms with E-state index in [-0.39, 0.29) is 6.10 Å². The Morgan fingerprint density at radius 2 is 2.27 bits per heavy atom. The lowest BCUT2D eigenvalue weighted by atomic mass is 10.1. The average Bonchev–Trinajstić information content (AvgIpc) is 2.22. The maximum atomic E-state index is 9.61. The number of rotatable bonds is 1. The van der Waals surface area contributed by atoms with E-state index in [0.29, 0.717) is 6.54 Å². The van der Waals surface area contributed by atoms with Crippen LogP contribution in [0.3, 0.4) is 0 Å². The summed E-state index contributed by atoms with van der Waals surface area (Å²) >= 11 is 6.84. The molecule has 0 unspecified atom stereocenters. The third-order valence-electron chi connectivity index (χ3n) is 2.52. The van der Waals surface area contributed by atoms with Gasteiger partial charge in [0, 0.05) is 23.8 Å². The molecule has 1 atom stereocenters. The van der Waals surface area contributed by atoms with E-state index < -0.39 is 0 Å². The fourth-order valence-corrected chi connectivity index (χ4v) is 2.59. The zero-order valence-electron chi connectivity index (χ0n) is 8.16. The van der Waals surface area contributed by atoms with Gasteiger partial charge in [0.05, 0.1) is 11.8 Å². The highest BCUT2D eigenvalue weighted by molar-refractivity contribution is 9.11. The molecule has 0 amide bonds. The van der Waals surface area contributed by atoms with Gasteiger partial charge in [-0.2, -0.15) is 0 Å². The van der Waals surface area contributed by atoms with E-state index in [0.717, 1.165) is 34.1 Å². The molecule has 3 nitrogen and oxygen atoms in total. The molecule has 82 valence electrons. The summed E-state index contributed by atoms with van der Waals surface area (Å²) in [5.41, 5.74) is 1.04. The fraction of sp³-hybridized carbons (Fsp3) is 0.500. The molecule has 5 heteroatoms. The Bertz CT molecular complexity index is 359. The summed E-state index contributed by atoms with van der Waals surface area (Å²) in [6.07, 6.45) is 3.47. The highest BCUT2D eigenvalue weighted by Crippen LogP contribution is 2.29. The average molecular weight is 336 g/mol. The monoisotopic (exact) mass is 334 g/mol. The fourth-order valence-electron chi connectivity index (χ4n) is 1.81. The first-order valence-corrected chi connectivity index (χ1v) is 6.49. The summed E-state index contributed by atoms with van der Waals surface area (Å²) in [6.45, 7) is 1.67. The van der Waals surface area contributed by atoms with Gasteiger partial charge in [-0.3, -0.25) is 0 Å². The van der Waals surface area contributed by atoms with Crippen molar-refractivity contribution in [2.24, 2.45) is 0 Å². The van der Waals surface area contributed by atoms with E-state index in [1.165, 1.54) is 0 Å². The highest BCUT2D eigenvalue weighted by atomic mass is 79.9. The number of nitrogens with zero attached hydrogens (tertiary/aromatic N) is 2. The number of aliphatic hydroxyl groups excluding tert-OH is 1. The molecule has 1 aromatic rings. The van der Waals surface area contributed by atoms with Crippen LogP contribution in [0, 0.1) is 0 Å². The first-order chi connectivity index (χ1) is 7.16. The molecule has 15 heavy (non-hydrogen) atoms. The number of aromatic nitrogens is 1. The third kappa shape index (κ3) is 2.71. The quantitative estimate of drug-likeness (QED) is 0.801. The van der Waals surface area contributed by atoms with Crippen LogP contribution < -0.4 is 4.90 Å². The van der Waals surface area contributed by atoms with Crippen molar-refractivity contribution in [2.45, 2.75) is 18.9 Å².